The normalized spacial score (nSPS) is 12.4. The van der Waals surface area contributed by atoms with E-state index in [2.05, 4.69) is 20.4 Å². The smallest absolute Gasteiger partial charge is 0.274 e. The number of fused-ring (bicyclic) bond motifs is 2. The molecule has 176 valence electrons. The Bertz CT molecular complexity index is 1620. The zero-order valence-electron chi connectivity index (χ0n) is 20.2. The van der Waals surface area contributed by atoms with Gasteiger partial charge in [0.15, 0.2) is 5.69 Å². The molecule has 0 bridgehead atoms. The Morgan fingerprint density at radius 1 is 1.06 bits per heavy atom. The van der Waals surface area contributed by atoms with Crippen LogP contribution in [0.5, 0.6) is 0 Å². The van der Waals surface area contributed by atoms with Gasteiger partial charge in [0.05, 0.1) is 23.4 Å². The topological polar surface area (TPSA) is 92.2 Å². The average Bonchev–Trinajstić information content (AvgIpc) is 3.25. The summed E-state index contributed by atoms with van der Waals surface area (Å²) in [6, 6.07) is 17.5. The molecule has 0 saturated carbocycles. The van der Waals surface area contributed by atoms with Crippen molar-refractivity contribution in [1.82, 2.24) is 24.9 Å². The number of aromatic nitrogens is 4. The fourth-order valence-corrected chi connectivity index (χ4v) is 4.50. The van der Waals surface area contributed by atoms with Crippen molar-refractivity contribution in [2.45, 2.75) is 39.7 Å². The molecule has 5 aromatic rings. The van der Waals surface area contributed by atoms with Gasteiger partial charge in [-0.05, 0) is 43.0 Å². The fourth-order valence-electron chi connectivity index (χ4n) is 4.50. The second kappa shape index (κ2) is 8.83. The van der Waals surface area contributed by atoms with Crippen molar-refractivity contribution in [1.29, 1.82) is 0 Å². The average molecular weight is 466 g/mol. The van der Waals surface area contributed by atoms with Crippen LogP contribution in [0.25, 0.3) is 27.7 Å². The molecule has 0 aliphatic carbocycles. The van der Waals surface area contributed by atoms with Crippen molar-refractivity contribution in [2.75, 3.05) is 0 Å². The zero-order valence-corrected chi connectivity index (χ0v) is 20.2. The highest BCUT2D eigenvalue weighted by molar-refractivity contribution is 5.96. The number of H-pyrrole nitrogens is 1. The summed E-state index contributed by atoms with van der Waals surface area (Å²) < 4.78 is 1.52. The van der Waals surface area contributed by atoms with Crippen molar-refractivity contribution in [3.05, 3.63) is 99.7 Å². The largest absolute Gasteiger partial charge is 0.344 e. The highest BCUT2D eigenvalue weighted by atomic mass is 16.2. The van der Waals surface area contributed by atoms with Crippen LogP contribution in [0.3, 0.4) is 0 Å². The van der Waals surface area contributed by atoms with E-state index < -0.39 is 0 Å². The first-order valence-electron chi connectivity index (χ1n) is 11.7. The van der Waals surface area contributed by atoms with Crippen LogP contribution in [0, 0.1) is 6.92 Å². The highest BCUT2D eigenvalue weighted by Crippen LogP contribution is 2.26. The van der Waals surface area contributed by atoms with Gasteiger partial charge in [-0.2, -0.15) is 5.10 Å². The molecule has 7 heteroatoms. The number of aryl methyl sites for hydroxylation is 1. The van der Waals surface area contributed by atoms with Crippen molar-refractivity contribution >= 4 is 22.3 Å². The lowest BCUT2D eigenvalue weighted by Crippen LogP contribution is -2.28. The molecule has 1 atom stereocenters. The van der Waals surface area contributed by atoms with E-state index in [9.17, 15) is 9.59 Å². The van der Waals surface area contributed by atoms with E-state index in [1.807, 2.05) is 82.3 Å². The van der Waals surface area contributed by atoms with Gasteiger partial charge in [-0.3, -0.25) is 14.6 Å². The van der Waals surface area contributed by atoms with Crippen LogP contribution >= 0.6 is 0 Å². The van der Waals surface area contributed by atoms with E-state index in [4.69, 9.17) is 0 Å². The predicted molar refractivity (Wildman–Crippen MR) is 138 cm³/mol. The fraction of sp³-hybridized carbons (Fsp3) is 0.214. The quantitative estimate of drug-likeness (QED) is 0.375. The third-order valence-electron chi connectivity index (χ3n) is 6.36. The summed E-state index contributed by atoms with van der Waals surface area (Å²) in [4.78, 5) is 34.0. The first-order valence-corrected chi connectivity index (χ1v) is 11.7. The molecule has 0 fully saturated rings. The second-order valence-corrected chi connectivity index (χ2v) is 9.18. The predicted octanol–water partition coefficient (Wildman–Crippen LogP) is 5.16. The number of hydrogen-bond donors (Lipinski definition) is 2. The van der Waals surface area contributed by atoms with Gasteiger partial charge in [0.1, 0.15) is 5.52 Å². The summed E-state index contributed by atoms with van der Waals surface area (Å²) in [6.45, 7) is 7.87. The van der Waals surface area contributed by atoms with Gasteiger partial charge in [-0.1, -0.05) is 56.3 Å². The van der Waals surface area contributed by atoms with E-state index >= 15 is 0 Å². The summed E-state index contributed by atoms with van der Waals surface area (Å²) in [5.74, 6) is -0.380. The number of carbonyl (C=O) groups is 1. The molecular weight excluding hydrogens is 438 g/mol. The number of nitrogens with zero attached hydrogens (tertiary/aromatic N) is 3. The number of carbonyl (C=O) groups excluding carboxylic acids is 1. The minimum Gasteiger partial charge on any atom is -0.344 e. The number of rotatable bonds is 5. The monoisotopic (exact) mass is 465 g/mol. The standard InChI is InChI=1S/C28H27N5O2/c1-16(2)24-25(27(34)30-18(4)19-10-6-5-7-11-19)32-33-15-23(31-28(35)26(24)33)20-13-21-17(3)9-8-12-22(21)29-14-20/h5-16,18H,1-4H3,(H,30,34)(H,31,35)/t18-/m0/s1. The first-order chi connectivity index (χ1) is 16.8. The summed E-state index contributed by atoms with van der Waals surface area (Å²) in [7, 11) is 0. The minimum atomic E-state index is -0.308. The van der Waals surface area contributed by atoms with Crippen LogP contribution in [-0.4, -0.2) is 25.5 Å². The van der Waals surface area contributed by atoms with Crippen LogP contribution in [0.1, 0.15) is 59.9 Å². The lowest BCUT2D eigenvalue weighted by atomic mass is 10.0. The molecule has 3 aromatic heterocycles. The summed E-state index contributed by atoms with van der Waals surface area (Å²) in [5, 5.41) is 8.61. The van der Waals surface area contributed by atoms with Gasteiger partial charge >= 0.3 is 0 Å². The molecule has 7 nitrogen and oxygen atoms in total. The van der Waals surface area contributed by atoms with Gasteiger partial charge in [-0.15, -0.1) is 0 Å². The second-order valence-electron chi connectivity index (χ2n) is 9.18. The SMILES string of the molecule is Cc1cccc2ncc(-c3cn4nc(C(=O)N[C@@H](C)c5ccccc5)c(C(C)C)c4c(=O)[nH]3)cc12. The van der Waals surface area contributed by atoms with E-state index in [1.54, 1.807) is 12.4 Å². The molecule has 2 aromatic carbocycles. The highest BCUT2D eigenvalue weighted by Gasteiger charge is 2.25. The number of amides is 1. The lowest BCUT2D eigenvalue weighted by Gasteiger charge is -2.14. The Balaban J connectivity index is 1.59. The van der Waals surface area contributed by atoms with Crippen molar-refractivity contribution in [3.63, 3.8) is 0 Å². The molecule has 0 unspecified atom stereocenters. The molecule has 0 spiro atoms. The summed E-state index contributed by atoms with van der Waals surface area (Å²) >= 11 is 0. The van der Waals surface area contributed by atoms with Crippen LogP contribution in [0.2, 0.25) is 0 Å². The van der Waals surface area contributed by atoms with Gasteiger partial charge < -0.3 is 10.3 Å². The molecule has 5 rings (SSSR count). The molecule has 0 aliphatic heterocycles. The molecule has 0 aliphatic rings. The summed E-state index contributed by atoms with van der Waals surface area (Å²) in [6.07, 6.45) is 3.49. The van der Waals surface area contributed by atoms with E-state index in [0.717, 1.165) is 27.6 Å². The third-order valence-corrected chi connectivity index (χ3v) is 6.36. The molecular formula is C28H27N5O2. The molecule has 2 N–H and O–H groups in total. The number of pyridine rings is 1. The number of nitrogens with one attached hydrogen (secondary N) is 2. The van der Waals surface area contributed by atoms with E-state index in [0.29, 0.717) is 16.8 Å². The number of aromatic amines is 1. The van der Waals surface area contributed by atoms with Crippen LogP contribution in [0.4, 0.5) is 0 Å². The number of hydrogen-bond acceptors (Lipinski definition) is 4. The Kier molecular flexibility index (Phi) is 5.68. The molecule has 35 heavy (non-hydrogen) atoms. The van der Waals surface area contributed by atoms with Gasteiger partial charge in [0.2, 0.25) is 0 Å². The van der Waals surface area contributed by atoms with E-state index in [1.165, 1.54) is 4.52 Å². The third kappa shape index (κ3) is 4.10. The Morgan fingerprint density at radius 3 is 2.57 bits per heavy atom. The van der Waals surface area contributed by atoms with Crippen molar-refractivity contribution in [2.24, 2.45) is 0 Å². The Hall–Kier alpha value is -4.26. The first kappa shape index (κ1) is 22.5. The zero-order chi connectivity index (χ0) is 24.7. The summed E-state index contributed by atoms with van der Waals surface area (Å²) in [5.41, 5.74) is 5.33. The van der Waals surface area contributed by atoms with Crippen LogP contribution in [-0.2, 0) is 0 Å². The van der Waals surface area contributed by atoms with Crippen LogP contribution < -0.4 is 10.9 Å². The van der Waals surface area contributed by atoms with E-state index in [-0.39, 0.29) is 29.1 Å². The maximum atomic E-state index is 13.3. The molecule has 0 radical (unpaired) electrons. The maximum Gasteiger partial charge on any atom is 0.274 e. The van der Waals surface area contributed by atoms with Gasteiger partial charge in [-0.25, -0.2) is 4.52 Å². The Labute approximate surface area is 202 Å². The van der Waals surface area contributed by atoms with Gasteiger partial charge in [0, 0.05) is 22.7 Å². The van der Waals surface area contributed by atoms with Crippen molar-refractivity contribution in [3.8, 4) is 11.3 Å². The molecule has 0 saturated heterocycles. The number of benzene rings is 2. The van der Waals surface area contributed by atoms with Crippen LogP contribution in [0.15, 0.2) is 71.8 Å². The van der Waals surface area contributed by atoms with Crippen molar-refractivity contribution < 1.29 is 4.79 Å². The lowest BCUT2D eigenvalue weighted by molar-refractivity contribution is 0.0933. The molecule has 1 amide bonds. The molecule has 3 heterocycles. The maximum absolute atomic E-state index is 13.3. The Morgan fingerprint density at radius 2 is 1.83 bits per heavy atom. The van der Waals surface area contributed by atoms with Gasteiger partial charge in [0.25, 0.3) is 11.5 Å². The minimum absolute atomic E-state index is 0.0720.